The van der Waals surface area contributed by atoms with Gasteiger partial charge in [0.15, 0.2) is 11.5 Å². The molecule has 0 saturated carbocycles. The monoisotopic (exact) mass is 314 g/mol. The first kappa shape index (κ1) is 17.1. The number of ether oxygens (including phenoxy) is 2. The summed E-state index contributed by atoms with van der Waals surface area (Å²) in [5.41, 5.74) is 0.414. The number of hydrogen-bond acceptors (Lipinski definition) is 5. The van der Waals surface area contributed by atoms with Gasteiger partial charge in [0.1, 0.15) is 4.75 Å². The van der Waals surface area contributed by atoms with Crippen LogP contribution in [0, 0.1) is 0 Å². The van der Waals surface area contributed by atoms with Crippen molar-refractivity contribution in [2.45, 2.75) is 23.8 Å². The van der Waals surface area contributed by atoms with Crippen LogP contribution in [0.25, 0.3) is 0 Å². The Hall–Kier alpha value is 0.0800. The second-order valence-electron chi connectivity index (χ2n) is 4.33. The van der Waals surface area contributed by atoms with Crippen molar-refractivity contribution in [2.75, 3.05) is 6.79 Å². The molecule has 0 fully saturated rings. The molecule has 0 aliphatic carbocycles. The topological polar surface area (TPSA) is 72.8 Å². The number of fused-ring (bicyclic) bond motifs is 1. The molecular weight excluding hydrogens is 299 g/mol. The van der Waals surface area contributed by atoms with Crippen LogP contribution in [0.3, 0.4) is 0 Å². The first-order valence-electron chi connectivity index (χ1n) is 5.32. The van der Waals surface area contributed by atoms with E-state index in [4.69, 9.17) is 9.47 Å². The van der Waals surface area contributed by atoms with Gasteiger partial charge in [-0.1, -0.05) is 13.0 Å². The van der Waals surface area contributed by atoms with E-state index in [1.165, 1.54) is 6.92 Å². The molecule has 0 bridgehead atoms. The van der Waals surface area contributed by atoms with E-state index in [1.54, 1.807) is 25.1 Å². The maximum absolute atomic E-state index is 11.6. The minimum absolute atomic E-state index is 0. The van der Waals surface area contributed by atoms with Crippen molar-refractivity contribution in [2.24, 2.45) is 0 Å². The molecule has 0 amide bonds. The summed E-state index contributed by atoms with van der Waals surface area (Å²) < 4.78 is 41.6. The summed E-state index contributed by atoms with van der Waals surface area (Å²) >= 11 is 4.18. The molecule has 0 saturated heterocycles. The van der Waals surface area contributed by atoms with Gasteiger partial charge in [0, 0.05) is 5.25 Å². The number of rotatable bonds is 3. The van der Waals surface area contributed by atoms with E-state index in [2.05, 4.69) is 12.6 Å². The van der Waals surface area contributed by atoms with E-state index in [9.17, 15) is 13.0 Å². The van der Waals surface area contributed by atoms with Crippen molar-refractivity contribution >= 4 is 52.3 Å². The van der Waals surface area contributed by atoms with Gasteiger partial charge in [0.05, 0.1) is 0 Å². The van der Waals surface area contributed by atoms with Crippen LogP contribution in [0.1, 0.15) is 19.4 Å². The average molecular weight is 314 g/mol. The van der Waals surface area contributed by atoms with Crippen LogP contribution in [-0.2, 0) is 14.9 Å². The van der Waals surface area contributed by atoms with Crippen LogP contribution in [-0.4, -0.2) is 54.6 Å². The van der Waals surface area contributed by atoms with Gasteiger partial charge in [0.25, 0.3) is 10.1 Å². The maximum atomic E-state index is 11.6. The van der Waals surface area contributed by atoms with Crippen molar-refractivity contribution < 1.29 is 22.4 Å². The molecule has 1 aliphatic rings. The first-order chi connectivity index (χ1) is 8.26. The van der Waals surface area contributed by atoms with Crippen molar-refractivity contribution in [3.8, 4) is 11.5 Å². The predicted molar refractivity (Wildman–Crippen MR) is 77.1 cm³/mol. The molecule has 1 aromatic carbocycles. The van der Waals surface area contributed by atoms with Gasteiger partial charge in [0.2, 0.25) is 6.79 Å². The molecule has 1 aromatic rings. The van der Waals surface area contributed by atoms with Crippen molar-refractivity contribution in [1.29, 1.82) is 0 Å². The summed E-state index contributed by atoms with van der Waals surface area (Å²) in [6.45, 7) is 3.15. The molecule has 2 atom stereocenters. The molecule has 102 valence electrons. The van der Waals surface area contributed by atoms with E-state index < -0.39 is 20.1 Å². The zero-order valence-corrected chi connectivity index (χ0v) is 11.7. The normalized spacial score (nSPS) is 18.3. The fourth-order valence-electron chi connectivity index (χ4n) is 1.81. The van der Waals surface area contributed by atoms with E-state index in [0.717, 1.165) is 0 Å². The van der Waals surface area contributed by atoms with Crippen LogP contribution in [0.15, 0.2) is 18.2 Å². The van der Waals surface area contributed by atoms with Gasteiger partial charge in [-0.2, -0.15) is 21.0 Å². The van der Waals surface area contributed by atoms with E-state index in [0.29, 0.717) is 17.1 Å². The zero-order chi connectivity index (χ0) is 13.6. The fourth-order valence-corrected chi connectivity index (χ4v) is 3.22. The minimum atomic E-state index is -4.31. The van der Waals surface area contributed by atoms with Crippen LogP contribution in [0.5, 0.6) is 11.5 Å². The molecule has 2 unspecified atom stereocenters. The molecule has 2 rings (SSSR count). The molecule has 8 heteroatoms. The Morgan fingerprint density at radius 1 is 1.37 bits per heavy atom. The van der Waals surface area contributed by atoms with Crippen molar-refractivity contribution in [1.82, 2.24) is 0 Å². The van der Waals surface area contributed by atoms with Gasteiger partial charge >= 0.3 is 29.6 Å². The van der Waals surface area contributed by atoms with Gasteiger partial charge in [-0.3, -0.25) is 4.55 Å². The van der Waals surface area contributed by atoms with Gasteiger partial charge < -0.3 is 9.47 Å². The number of benzene rings is 1. The van der Waals surface area contributed by atoms with Gasteiger partial charge in [-0.25, -0.2) is 0 Å². The van der Waals surface area contributed by atoms with Crippen molar-refractivity contribution in [3.05, 3.63) is 23.8 Å². The Balaban J connectivity index is 0.00000180. The second-order valence-corrected chi connectivity index (χ2v) is 6.90. The van der Waals surface area contributed by atoms with Crippen LogP contribution in [0.4, 0.5) is 0 Å². The summed E-state index contributed by atoms with van der Waals surface area (Å²) in [5.74, 6) is 1.03. The van der Waals surface area contributed by atoms with E-state index in [-0.39, 0.29) is 36.4 Å². The molecule has 0 spiro atoms. The van der Waals surface area contributed by atoms with Crippen molar-refractivity contribution in [3.63, 3.8) is 0 Å². The van der Waals surface area contributed by atoms with E-state index in [1.807, 2.05) is 0 Å². The fraction of sp³-hybridized carbons (Fsp3) is 0.455. The summed E-state index contributed by atoms with van der Waals surface area (Å²) in [7, 11) is -4.31. The zero-order valence-electron chi connectivity index (χ0n) is 9.95. The molecule has 1 aliphatic heterocycles. The number of hydrogen-bond donors (Lipinski definition) is 2. The quantitative estimate of drug-likeness (QED) is 0.498. The average Bonchev–Trinajstić information content (AvgIpc) is 2.72. The third kappa shape index (κ3) is 2.91. The molecule has 19 heavy (non-hydrogen) atoms. The van der Waals surface area contributed by atoms with Crippen LogP contribution < -0.4 is 9.47 Å². The second kappa shape index (κ2) is 5.83. The Kier molecular flexibility index (Phi) is 5.26. The van der Waals surface area contributed by atoms with Crippen LogP contribution in [0.2, 0.25) is 0 Å². The molecule has 0 radical (unpaired) electrons. The molecule has 1 N–H and O–H groups in total. The van der Waals surface area contributed by atoms with E-state index >= 15 is 0 Å². The summed E-state index contributed by atoms with van der Waals surface area (Å²) in [4.78, 5) is 0. The summed E-state index contributed by atoms with van der Waals surface area (Å²) in [5, 5.41) is -0.590. The SMILES string of the molecule is CC(S)C(C)(c1ccc2c(c1)OCO2)S(=O)(=O)O.[NaH]. The standard InChI is InChI=1S/C11H14O5S2.Na.H/c1-7(17)11(2,18(12,13)14)8-3-4-9-10(5-8)16-6-15-9;;/h3-5,7,17H,6H2,1-2H3,(H,12,13,14);;. The third-order valence-electron chi connectivity index (χ3n) is 3.28. The number of thiol groups is 1. The Morgan fingerprint density at radius 2 is 1.95 bits per heavy atom. The Bertz CT molecular complexity index is 572. The first-order valence-corrected chi connectivity index (χ1v) is 7.27. The Labute approximate surface area is 140 Å². The third-order valence-corrected chi connectivity index (χ3v) is 5.63. The molecule has 5 nitrogen and oxygen atoms in total. The molecular formula is C11H15NaO5S2. The molecule has 1 heterocycles. The summed E-state index contributed by atoms with van der Waals surface area (Å²) in [6.07, 6.45) is 0. The summed E-state index contributed by atoms with van der Waals surface area (Å²) in [6, 6.07) is 4.77. The van der Waals surface area contributed by atoms with Gasteiger partial charge in [-0.05, 0) is 24.6 Å². The van der Waals surface area contributed by atoms with Crippen LogP contribution >= 0.6 is 12.6 Å². The molecule has 0 aromatic heterocycles. The van der Waals surface area contributed by atoms with Gasteiger partial charge in [-0.15, -0.1) is 0 Å². The Morgan fingerprint density at radius 3 is 2.47 bits per heavy atom. The predicted octanol–water partition coefficient (Wildman–Crippen LogP) is 1.19.